The van der Waals surface area contributed by atoms with Crippen LogP contribution in [0.5, 0.6) is 0 Å². The number of methoxy groups -OCH3 is 1. The fraction of sp³-hybridized carbons (Fsp3) is 0.963. The summed E-state index contributed by atoms with van der Waals surface area (Å²) in [6, 6.07) is 0. The highest BCUT2D eigenvalue weighted by molar-refractivity contribution is 5.69. The van der Waals surface area contributed by atoms with Crippen LogP contribution in [-0.4, -0.2) is 36.0 Å². The number of unbranched alkanes of at least 4 members (excludes halogenated alkanes) is 1. The summed E-state index contributed by atoms with van der Waals surface area (Å²) in [4.78, 5) is 12.1. The molecule has 0 radical (unpaired) electrons. The summed E-state index contributed by atoms with van der Waals surface area (Å²) >= 11 is 0. The lowest BCUT2D eigenvalue weighted by atomic mass is 9.45. The van der Waals surface area contributed by atoms with Crippen molar-refractivity contribution in [1.29, 1.82) is 0 Å². The molecule has 0 spiro atoms. The Bertz CT molecular complexity index is 625. The van der Waals surface area contributed by atoms with Gasteiger partial charge in [-0.1, -0.05) is 33.6 Å². The van der Waals surface area contributed by atoms with Crippen LogP contribution in [0.4, 0.5) is 0 Å². The van der Waals surface area contributed by atoms with Crippen molar-refractivity contribution in [3.63, 3.8) is 0 Å². The zero-order chi connectivity index (χ0) is 23.0. The first-order chi connectivity index (χ1) is 14.5. The molecule has 8 atom stereocenters. The lowest BCUT2D eigenvalue weighted by molar-refractivity contribution is -0.175. The van der Waals surface area contributed by atoms with Crippen LogP contribution in [0.25, 0.3) is 0 Å². The van der Waals surface area contributed by atoms with Gasteiger partial charge >= 0.3 is 5.97 Å². The maximum Gasteiger partial charge on any atom is 0.305 e. The van der Waals surface area contributed by atoms with Crippen molar-refractivity contribution in [3.05, 3.63) is 0 Å². The molecule has 31 heavy (non-hydrogen) atoms. The molecule has 0 aliphatic heterocycles. The number of aliphatic hydroxyl groups excluding tert-OH is 1. The first-order valence-corrected chi connectivity index (χ1v) is 12.9. The van der Waals surface area contributed by atoms with E-state index in [1.807, 2.05) is 0 Å². The number of carbonyl (C=O) groups is 1. The van der Waals surface area contributed by atoms with Crippen molar-refractivity contribution in [2.24, 2.45) is 34.5 Å². The van der Waals surface area contributed by atoms with Crippen LogP contribution in [0, 0.1) is 34.5 Å². The molecule has 3 rings (SSSR count). The molecule has 0 amide bonds. The van der Waals surface area contributed by atoms with Crippen LogP contribution >= 0.6 is 0 Å². The van der Waals surface area contributed by atoms with Gasteiger partial charge in [0.25, 0.3) is 0 Å². The van der Waals surface area contributed by atoms with Gasteiger partial charge in [0, 0.05) is 6.42 Å². The van der Waals surface area contributed by atoms with Crippen LogP contribution in [0.3, 0.4) is 0 Å². The largest absolute Gasteiger partial charge is 0.469 e. The van der Waals surface area contributed by atoms with E-state index in [4.69, 9.17) is 9.47 Å². The number of hydrogen-bond acceptors (Lipinski definition) is 4. The minimum atomic E-state index is -0.264. The summed E-state index contributed by atoms with van der Waals surface area (Å²) in [6.07, 6.45) is 10.4. The summed E-state index contributed by atoms with van der Waals surface area (Å²) in [5.74, 6) is 1.88. The van der Waals surface area contributed by atoms with Gasteiger partial charge in [-0.25, -0.2) is 0 Å². The van der Waals surface area contributed by atoms with E-state index in [2.05, 4.69) is 41.5 Å². The molecule has 0 heterocycles. The number of ether oxygens (including phenoxy) is 2. The average Bonchev–Trinajstić information content (AvgIpc) is 3.01. The highest BCUT2D eigenvalue weighted by Gasteiger charge is 2.61. The van der Waals surface area contributed by atoms with Gasteiger partial charge < -0.3 is 14.6 Å². The Balaban J connectivity index is 1.87. The zero-order valence-corrected chi connectivity index (χ0v) is 21.2. The molecule has 3 fully saturated rings. The third-order valence-corrected chi connectivity index (χ3v) is 9.48. The predicted molar refractivity (Wildman–Crippen MR) is 125 cm³/mol. The predicted octanol–water partition coefficient (Wildman–Crippen LogP) is 6.14. The summed E-state index contributed by atoms with van der Waals surface area (Å²) in [6.45, 7) is 13.6. The first-order valence-electron chi connectivity index (χ1n) is 12.9. The van der Waals surface area contributed by atoms with Crippen LogP contribution in [0.1, 0.15) is 106 Å². The van der Waals surface area contributed by atoms with Gasteiger partial charge in [0.1, 0.15) is 0 Å². The van der Waals surface area contributed by atoms with E-state index in [0.717, 1.165) is 38.5 Å². The third-order valence-electron chi connectivity index (χ3n) is 9.48. The Morgan fingerprint density at radius 3 is 2.45 bits per heavy atom. The van der Waals surface area contributed by atoms with Gasteiger partial charge in [0.15, 0.2) is 0 Å². The summed E-state index contributed by atoms with van der Waals surface area (Å²) in [5.41, 5.74) is 0.0788. The van der Waals surface area contributed by atoms with Gasteiger partial charge in [0.2, 0.25) is 0 Å². The Hall–Kier alpha value is -0.610. The van der Waals surface area contributed by atoms with E-state index in [1.54, 1.807) is 0 Å². The molecule has 4 nitrogen and oxygen atoms in total. The first kappa shape index (κ1) is 25.0. The van der Waals surface area contributed by atoms with Crippen molar-refractivity contribution in [2.75, 3.05) is 7.11 Å². The molecule has 0 saturated heterocycles. The number of esters is 1. The van der Waals surface area contributed by atoms with E-state index in [1.165, 1.54) is 26.4 Å². The molecule has 0 aromatic heterocycles. The monoisotopic (exact) mass is 436 g/mol. The third kappa shape index (κ3) is 4.86. The zero-order valence-electron chi connectivity index (χ0n) is 21.2. The molecule has 3 aliphatic carbocycles. The molecule has 4 heteroatoms. The molecule has 180 valence electrons. The number of rotatable bonds is 7. The molecule has 0 bridgehead atoms. The number of carbonyl (C=O) groups excluding carboxylic acids is 1. The lowest BCUT2D eigenvalue weighted by Crippen LogP contribution is -2.57. The SMILES string of the molecule is CCCCC1C(O)CC2C3CCC(OC(C)(C)C)C3(C)CCC2C1(C)CCC(=O)OC. The van der Waals surface area contributed by atoms with Gasteiger partial charge in [-0.05, 0) is 100 Å². The maximum absolute atomic E-state index is 12.1. The van der Waals surface area contributed by atoms with Crippen molar-refractivity contribution in [3.8, 4) is 0 Å². The van der Waals surface area contributed by atoms with Crippen molar-refractivity contribution in [2.45, 2.75) is 124 Å². The normalized spacial score (nSPS) is 42.7. The fourth-order valence-corrected chi connectivity index (χ4v) is 7.96. The Morgan fingerprint density at radius 2 is 1.84 bits per heavy atom. The Morgan fingerprint density at radius 1 is 1.13 bits per heavy atom. The minimum Gasteiger partial charge on any atom is -0.469 e. The Kier molecular flexibility index (Phi) is 7.53. The van der Waals surface area contributed by atoms with E-state index in [9.17, 15) is 9.90 Å². The summed E-state index contributed by atoms with van der Waals surface area (Å²) in [5, 5.41) is 11.4. The quantitative estimate of drug-likeness (QED) is 0.487. The lowest BCUT2D eigenvalue weighted by Gasteiger charge is -2.60. The second kappa shape index (κ2) is 9.33. The standard InChI is InChI=1S/C27H48O4/c1-8-9-10-21-22(28)17-18-19-11-12-23(31-25(2,3)4)27(19,6)15-13-20(18)26(21,5)16-14-24(29)30-7/h18-23,28H,8-17H2,1-7H3. The molecule has 3 aliphatic rings. The molecular formula is C27H48O4. The molecular weight excluding hydrogens is 388 g/mol. The van der Waals surface area contributed by atoms with E-state index >= 15 is 0 Å². The summed E-state index contributed by atoms with van der Waals surface area (Å²) in [7, 11) is 1.48. The highest BCUT2D eigenvalue weighted by atomic mass is 16.5. The topological polar surface area (TPSA) is 55.8 Å². The van der Waals surface area contributed by atoms with Crippen molar-refractivity contribution < 1.29 is 19.4 Å². The number of fused-ring (bicyclic) bond motifs is 3. The fourth-order valence-electron chi connectivity index (χ4n) is 7.96. The van der Waals surface area contributed by atoms with Gasteiger partial charge in [-0.2, -0.15) is 0 Å². The minimum absolute atomic E-state index is 0.00397. The van der Waals surface area contributed by atoms with Crippen LogP contribution < -0.4 is 0 Å². The number of hydrogen-bond donors (Lipinski definition) is 1. The van der Waals surface area contributed by atoms with Crippen LogP contribution in [-0.2, 0) is 14.3 Å². The number of aliphatic hydroxyl groups is 1. The van der Waals surface area contributed by atoms with E-state index in [0.29, 0.717) is 30.3 Å². The second-order valence-corrected chi connectivity index (χ2v) is 12.4. The molecule has 8 unspecified atom stereocenters. The van der Waals surface area contributed by atoms with Crippen molar-refractivity contribution in [1.82, 2.24) is 0 Å². The highest BCUT2D eigenvalue weighted by Crippen LogP contribution is 2.66. The average molecular weight is 437 g/mol. The Labute approximate surface area is 190 Å². The van der Waals surface area contributed by atoms with Gasteiger partial charge in [-0.3, -0.25) is 4.79 Å². The molecule has 0 aromatic rings. The van der Waals surface area contributed by atoms with E-state index < -0.39 is 0 Å². The smallest absolute Gasteiger partial charge is 0.305 e. The van der Waals surface area contributed by atoms with Crippen LogP contribution in [0.15, 0.2) is 0 Å². The van der Waals surface area contributed by atoms with Gasteiger partial charge in [-0.15, -0.1) is 0 Å². The van der Waals surface area contributed by atoms with Crippen molar-refractivity contribution >= 4 is 5.97 Å². The summed E-state index contributed by atoms with van der Waals surface area (Å²) < 4.78 is 11.6. The molecule has 1 N–H and O–H groups in total. The van der Waals surface area contributed by atoms with E-state index in [-0.39, 0.29) is 34.4 Å². The van der Waals surface area contributed by atoms with Gasteiger partial charge in [0.05, 0.1) is 24.9 Å². The second-order valence-electron chi connectivity index (χ2n) is 12.4. The molecule has 0 aromatic carbocycles. The van der Waals surface area contributed by atoms with Crippen LogP contribution in [0.2, 0.25) is 0 Å². The maximum atomic E-state index is 12.1. The molecule has 3 saturated carbocycles.